The van der Waals surface area contributed by atoms with Crippen LogP contribution in [-0.4, -0.2) is 0 Å². The maximum Gasteiger partial charge on any atom is 0.0459 e. The van der Waals surface area contributed by atoms with Gasteiger partial charge < -0.3 is 5.32 Å². The van der Waals surface area contributed by atoms with E-state index in [1.165, 1.54) is 22.4 Å². The van der Waals surface area contributed by atoms with E-state index in [0.29, 0.717) is 0 Å². The average Bonchev–Trinajstić information content (AvgIpc) is 2.74. The van der Waals surface area contributed by atoms with E-state index < -0.39 is 0 Å². The maximum atomic E-state index is 3.26. The fourth-order valence-electron chi connectivity index (χ4n) is 1.95. The topological polar surface area (TPSA) is 12.0 Å². The lowest BCUT2D eigenvalue weighted by molar-refractivity contribution is 1.10. The third-order valence-electron chi connectivity index (χ3n) is 2.68. The zero-order valence-electron chi connectivity index (χ0n) is 8.27. The van der Waals surface area contributed by atoms with Crippen LogP contribution in [0.25, 0.3) is 11.6 Å². The average molecular weight is 193 g/mol. The zero-order valence-corrected chi connectivity index (χ0v) is 8.27. The predicted molar refractivity (Wildman–Crippen MR) is 63.8 cm³/mol. The molecule has 0 spiro atoms. The molecule has 0 bridgehead atoms. The normalized spacial score (nSPS) is 21.6. The third-order valence-corrected chi connectivity index (χ3v) is 2.68. The summed E-state index contributed by atoms with van der Waals surface area (Å²) in [5.41, 5.74) is 5.04. The molecule has 1 N–H and O–H groups in total. The molecule has 1 aliphatic carbocycles. The number of hydrogen-bond donors (Lipinski definition) is 1. The highest BCUT2D eigenvalue weighted by Crippen LogP contribution is 2.31. The Hall–Kier alpha value is -2.02. The van der Waals surface area contributed by atoms with Crippen LogP contribution in [0.4, 0.5) is 0 Å². The van der Waals surface area contributed by atoms with E-state index in [1.807, 2.05) is 18.4 Å². The lowest BCUT2D eigenvalue weighted by atomic mass is 10.0. The van der Waals surface area contributed by atoms with Gasteiger partial charge in [0, 0.05) is 17.5 Å². The van der Waals surface area contributed by atoms with Crippen LogP contribution >= 0.6 is 0 Å². The second-order valence-electron chi connectivity index (χ2n) is 3.61. The Balaban J connectivity index is 2.14. The molecule has 1 aromatic rings. The number of dihydropyridines is 1. The molecule has 0 fully saturated rings. The fourth-order valence-corrected chi connectivity index (χ4v) is 1.95. The van der Waals surface area contributed by atoms with Gasteiger partial charge in [0.05, 0.1) is 0 Å². The first-order valence-corrected chi connectivity index (χ1v) is 5.07. The number of nitrogens with one attached hydrogen (secondary N) is 1. The van der Waals surface area contributed by atoms with Crippen LogP contribution in [-0.2, 0) is 0 Å². The van der Waals surface area contributed by atoms with Gasteiger partial charge in [-0.15, -0.1) is 0 Å². The van der Waals surface area contributed by atoms with Crippen molar-refractivity contribution in [2.24, 2.45) is 0 Å². The number of fused-ring (bicyclic) bond motifs is 1. The van der Waals surface area contributed by atoms with Gasteiger partial charge in [-0.2, -0.15) is 0 Å². The molecule has 0 amide bonds. The minimum Gasteiger partial charge on any atom is -0.361 e. The lowest BCUT2D eigenvalue weighted by Gasteiger charge is -2.10. The molecular weight excluding hydrogens is 182 g/mol. The minimum atomic E-state index is 1.17. The van der Waals surface area contributed by atoms with Crippen LogP contribution < -0.4 is 5.32 Å². The Morgan fingerprint density at radius 2 is 1.80 bits per heavy atom. The number of benzene rings is 1. The van der Waals surface area contributed by atoms with Crippen molar-refractivity contribution in [3.8, 4) is 0 Å². The highest BCUT2D eigenvalue weighted by atomic mass is 14.9. The predicted octanol–water partition coefficient (Wildman–Crippen LogP) is 3.10. The van der Waals surface area contributed by atoms with E-state index in [0.717, 1.165) is 0 Å². The van der Waals surface area contributed by atoms with Crippen molar-refractivity contribution in [1.29, 1.82) is 0 Å². The van der Waals surface area contributed by atoms with Gasteiger partial charge in [-0.25, -0.2) is 0 Å². The molecule has 3 rings (SSSR count). The lowest BCUT2D eigenvalue weighted by Crippen LogP contribution is -2.06. The standard InChI is InChI=1S/C14H11N/c1-2-6-12-11(5-1)8-9-13(12)14-7-3-4-10-15-14/h1-10,15H/b14-13+. The van der Waals surface area contributed by atoms with Crippen LogP contribution in [0.2, 0.25) is 0 Å². The molecule has 0 atom stereocenters. The molecule has 15 heavy (non-hydrogen) atoms. The molecule has 72 valence electrons. The number of rotatable bonds is 0. The van der Waals surface area contributed by atoms with E-state index in [9.17, 15) is 0 Å². The van der Waals surface area contributed by atoms with Gasteiger partial charge in [-0.1, -0.05) is 42.5 Å². The van der Waals surface area contributed by atoms with Gasteiger partial charge >= 0.3 is 0 Å². The summed E-state index contributed by atoms with van der Waals surface area (Å²) in [6.07, 6.45) is 12.4. The Bertz CT molecular complexity index is 516. The van der Waals surface area contributed by atoms with E-state index in [1.54, 1.807) is 0 Å². The van der Waals surface area contributed by atoms with Crippen molar-refractivity contribution in [2.45, 2.75) is 0 Å². The minimum absolute atomic E-state index is 1.17. The quantitative estimate of drug-likeness (QED) is 0.667. The third kappa shape index (κ3) is 1.33. The Morgan fingerprint density at radius 1 is 0.867 bits per heavy atom. The van der Waals surface area contributed by atoms with Gasteiger partial charge in [-0.3, -0.25) is 0 Å². The number of allylic oxidation sites excluding steroid dienone is 5. The van der Waals surface area contributed by atoms with Crippen molar-refractivity contribution in [2.75, 3.05) is 0 Å². The summed E-state index contributed by atoms with van der Waals surface area (Å²) in [5, 5.41) is 3.26. The van der Waals surface area contributed by atoms with Gasteiger partial charge in [0.1, 0.15) is 0 Å². The molecule has 0 unspecified atom stereocenters. The van der Waals surface area contributed by atoms with Crippen LogP contribution in [0.15, 0.2) is 60.5 Å². The molecule has 0 radical (unpaired) electrons. The zero-order chi connectivity index (χ0) is 10.1. The molecule has 0 saturated carbocycles. The molecule has 1 nitrogen and oxygen atoms in total. The summed E-state index contributed by atoms with van der Waals surface area (Å²) in [7, 11) is 0. The summed E-state index contributed by atoms with van der Waals surface area (Å²) in [6.45, 7) is 0. The molecule has 1 aliphatic heterocycles. The summed E-state index contributed by atoms with van der Waals surface area (Å²) in [6, 6.07) is 8.45. The summed E-state index contributed by atoms with van der Waals surface area (Å²) in [4.78, 5) is 0. The summed E-state index contributed by atoms with van der Waals surface area (Å²) >= 11 is 0. The van der Waals surface area contributed by atoms with Crippen molar-refractivity contribution in [3.63, 3.8) is 0 Å². The highest BCUT2D eigenvalue weighted by Gasteiger charge is 2.12. The molecule has 1 aromatic carbocycles. The van der Waals surface area contributed by atoms with E-state index in [2.05, 4.69) is 47.8 Å². The van der Waals surface area contributed by atoms with Gasteiger partial charge in [0.2, 0.25) is 0 Å². The van der Waals surface area contributed by atoms with Crippen molar-refractivity contribution < 1.29 is 0 Å². The van der Waals surface area contributed by atoms with Crippen molar-refractivity contribution >= 4 is 11.6 Å². The molecule has 1 heteroatoms. The van der Waals surface area contributed by atoms with E-state index in [4.69, 9.17) is 0 Å². The van der Waals surface area contributed by atoms with Crippen LogP contribution in [0.3, 0.4) is 0 Å². The molecule has 0 saturated heterocycles. The van der Waals surface area contributed by atoms with Crippen molar-refractivity contribution in [3.05, 3.63) is 71.6 Å². The van der Waals surface area contributed by atoms with E-state index >= 15 is 0 Å². The second kappa shape index (κ2) is 3.28. The highest BCUT2D eigenvalue weighted by molar-refractivity contribution is 5.92. The first kappa shape index (κ1) is 8.30. The van der Waals surface area contributed by atoms with Gasteiger partial charge in [0.25, 0.3) is 0 Å². The van der Waals surface area contributed by atoms with Crippen LogP contribution in [0.1, 0.15) is 11.1 Å². The first-order valence-electron chi connectivity index (χ1n) is 5.07. The van der Waals surface area contributed by atoms with Crippen LogP contribution in [0.5, 0.6) is 0 Å². The van der Waals surface area contributed by atoms with Gasteiger partial charge in [0.15, 0.2) is 0 Å². The number of hydrogen-bond acceptors (Lipinski definition) is 1. The smallest absolute Gasteiger partial charge is 0.0459 e. The summed E-state index contributed by atoms with van der Waals surface area (Å²) < 4.78 is 0. The maximum absolute atomic E-state index is 3.26. The van der Waals surface area contributed by atoms with Crippen LogP contribution in [0, 0.1) is 0 Å². The van der Waals surface area contributed by atoms with E-state index in [-0.39, 0.29) is 0 Å². The Kier molecular flexibility index (Phi) is 1.82. The fraction of sp³-hybridized carbons (Fsp3) is 0. The Morgan fingerprint density at radius 3 is 2.67 bits per heavy atom. The monoisotopic (exact) mass is 193 g/mol. The Labute approximate surface area is 89.1 Å². The van der Waals surface area contributed by atoms with Crippen molar-refractivity contribution in [1.82, 2.24) is 5.32 Å². The molecule has 2 aliphatic rings. The SMILES string of the molecule is C1=CN/C(=C2\C=Cc3ccccc32)C=C1. The first-order chi connectivity index (χ1) is 7.45. The second-order valence-corrected chi connectivity index (χ2v) is 3.61. The van der Waals surface area contributed by atoms with Gasteiger partial charge in [-0.05, 0) is 23.3 Å². The summed E-state index contributed by atoms with van der Waals surface area (Å²) in [5.74, 6) is 0. The molecular formula is C14H11N. The largest absolute Gasteiger partial charge is 0.361 e. The molecule has 0 aromatic heterocycles. The molecule has 1 heterocycles.